The van der Waals surface area contributed by atoms with Crippen LogP contribution in [0.2, 0.25) is 0 Å². The number of amides is 3. The minimum absolute atomic E-state index is 0.0142. The average molecular weight is 306 g/mol. The number of nitrogens with two attached hydrogens (primary N) is 1. The average Bonchev–Trinajstić information content (AvgIpc) is 2.50. The smallest absolute Gasteiger partial charge is 0.243 e. The van der Waals surface area contributed by atoms with E-state index in [-0.39, 0.29) is 30.8 Å². The predicted octanol–water partition coefficient (Wildman–Crippen LogP) is -0.159. The molecule has 5 N–H and O–H groups in total. The van der Waals surface area contributed by atoms with Crippen molar-refractivity contribution in [3.05, 3.63) is 30.3 Å². The molecule has 22 heavy (non-hydrogen) atoms. The van der Waals surface area contributed by atoms with Gasteiger partial charge >= 0.3 is 0 Å². The molecule has 3 amide bonds. The number of hydrogen-bond acceptors (Lipinski definition) is 4. The number of carbonyl (C=O) groups excluding carboxylic acids is 3. The molecule has 1 aromatic carbocycles. The van der Waals surface area contributed by atoms with Gasteiger partial charge < -0.3 is 21.7 Å². The van der Waals surface area contributed by atoms with Gasteiger partial charge in [0.15, 0.2) is 0 Å². The summed E-state index contributed by atoms with van der Waals surface area (Å²) in [5, 5.41) is 7.48. The van der Waals surface area contributed by atoms with E-state index in [1.165, 1.54) is 0 Å². The fraction of sp³-hybridized carbons (Fsp3) is 0.400. The van der Waals surface area contributed by atoms with Crippen LogP contribution < -0.4 is 21.7 Å². The second kappa shape index (κ2) is 8.78. The van der Waals surface area contributed by atoms with E-state index in [0.29, 0.717) is 5.69 Å². The van der Waals surface area contributed by atoms with Gasteiger partial charge in [-0.3, -0.25) is 14.4 Å². The van der Waals surface area contributed by atoms with Crippen LogP contribution in [0.3, 0.4) is 0 Å². The van der Waals surface area contributed by atoms with Crippen molar-refractivity contribution in [1.82, 2.24) is 10.6 Å². The zero-order valence-corrected chi connectivity index (χ0v) is 12.8. The molecule has 0 fully saturated rings. The van der Waals surface area contributed by atoms with Crippen LogP contribution in [0, 0.1) is 5.92 Å². The minimum Gasteiger partial charge on any atom is -0.346 e. The summed E-state index contributed by atoms with van der Waals surface area (Å²) < 4.78 is 0. The summed E-state index contributed by atoms with van der Waals surface area (Å²) in [6.45, 7) is 3.26. The molecular weight excluding hydrogens is 284 g/mol. The van der Waals surface area contributed by atoms with Gasteiger partial charge in [-0.15, -0.1) is 0 Å². The van der Waals surface area contributed by atoms with Gasteiger partial charge in [0.2, 0.25) is 17.7 Å². The Morgan fingerprint density at radius 2 is 1.59 bits per heavy atom. The highest BCUT2D eigenvalue weighted by Gasteiger charge is 2.17. The lowest BCUT2D eigenvalue weighted by Crippen LogP contribution is -2.47. The maximum absolute atomic E-state index is 11.6. The van der Waals surface area contributed by atoms with Crippen molar-refractivity contribution >= 4 is 23.4 Å². The maximum Gasteiger partial charge on any atom is 0.243 e. The Balaban J connectivity index is 2.25. The van der Waals surface area contributed by atoms with Gasteiger partial charge in [0.1, 0.15) is 0 Å². The van der Waals surface area contributed by atoms with Gasteiger partial charge in [0, 0.05) is 5.69 Å². The third kappa shape index (κ3) is 6.36. The van der Waals surface area contributed by atoms with E-state index in [9.17, 15) is 14.4 Å². The van der Waals surface area contributed by atoms with Gasteiger partial charge in [-0.1, -0.05) is 32.0 Å². The molecule has 7 nitrogen and oxygen atoms in total. The van der Waals surface area contributed by atoms with Crippen molar-refractivity contribution < 1.29 is 14.4 Å². The SMILES string of the molecule is CC(C)[C@H](N)C(=O)NCC(=O)NCC(=O)Nc1ccccc1. The number of para-hydroxylation sites is 1. The Labute approximate surface area is 129 Å². The lowest BCUT2D eigenvalue weighted by molar-refractivity contribution is -0.127. The predicted molar refractivity (Wildman–Crippen MR) is 83.9 cm³/mol. The van der Waals surface area contributed by atoms with E-state index < -0.39 is 11.9 Å². The first-order valence-corrected chi connectivity index (χ1v) is 7.05. The fourth-order valence-electron chi connectivity index (χ4n) is 1.56. The second-order valence-corrected chi connectivity index (χ2v) is 5.18. The maximum atomic E-state index is 11.6. The molecule has 0 bridgehead atoms. The van der Waals surface area contributed by atoms with Crippen LogP contribution in [0.25, 0.3) is 0 Å². The molecule has 1 atom stereocenters. The topological polar surface area (TPSA) is 113 Å². The van der Waals surface area contributed by atoms with Gasteiger partial charge in [-0.2, -0.15) is 0 Å². The molecule has 120 valence electrons. The molecule has 1 aromatic rings. The summed E-state index contributed by atoms with van der Waals surface area (Å²) in [6.07, 6.45) is 0. The third-order valence-corrected chi connectivity index (χ3v) is 2.95. The first-order chi connectivity index (χ1) is 10.4. The van der Waals surface area contributed by atoms with Gasteiger partial charge in [0.05, 0.1) is 19.1 Å². The number of rotatable bonds is 7. The van der Waals surface area contributed by atoms with Crippen LogP contribution >= 0.6 is 0 Å². The molecule has 0 saturated carbocycles. The number of benzene rings is 1. The number of anilines is 1. The van der Waals surface area contributed by atoms with E-state index in [1.54, 1.807) is 24.3 Å². The lowest BCUT2D eigenvalue weighted by Gasteiger charge is -2.15. The molecule has 0 radical (unpaired) electrons. The van der Waals surface area contributed by atoms with Crippen molar-refractivity contribution in [3.63, 3.8) is 0 Å². The van der Waals surface area contributed by atoms with Crippen LogP contribution in [0.5, 0.6) is 0 Å². The van der Waals surface area contributed by atoms with Crippen LogP contribution in [-0.4, -0.2) is 36.9 Å². The molecule has 7 heteroatoms. The van der Waals surface area contributed by atoms with Gasteiger partial charge in [-0.05, 0) is 18.1 Å². The molecule has 0 aliphatic rings. The molecule has 0 saturated heterocycles. The molecule has 0 aromatic heterocycles. The van der Waals surface area contributed by atoms with Crippen molar-refractivity contribution in [1.29, 1.82) is 0 Å². The van der Waals surface area contributed by atoms with E-state index in [1.807, 2.05) is 19.9 Å². The zero-order chi connectivity index (χ0) is 16.5. The van der Waals surface area contributed by atoms with Gasteiger partial charge in [-0.25, -0.2) is 0 Å². The van der Waals surface area contributed by atoms with Crippen LogP contribution in [0.4, 0.5) is 5.69 Å². The Morgan fingerprint density at radius 1 is 1.00 bits per heavy atom. The summed E-state index contributed by atoms with van der Waals surface area (Å²) in [4.78, 5) is 34.7. The van der Waals surface area contributed by atoms with Crippen molar-refractivity contribution in [2.75, 3.05) is 18.4 Å². The number of nitrogens with one attached hydrogen (secondary N) is 3. The summed E-state index contributed by atoms with van der Waals surface area (Å²) >= 11 is 0. The van der Waals surface area contributed by atoms with E-state index >= 15 is 0 Å². The van der Waals surface area contributed by atoms with E-state index in [2.05, 4.69) is 16.0 Å². The van der Waals surface area contributed by atoms with Crippen molar-refractivity contribution in [2.45, 2.75) is 19.9 Å². The summed E-state index contributed by atoms with van der Waals surface area (Å²) in [5.74, 6) is -1.20. The monoisotopic (exact) mass is 306 g/mol. The molecule has 0 heterocycles. The Bertz CT molecular complexity index is 517. The Kier molecular flexibility index (Phi) is 7.04. The summed E-state index contributed by atoms with van der Waals surface area (Å²) in [5.41, 5.74) is 6.30. The Hall–Kier alpha value is -2.41. The summed E-state index contributed by atoms with van der Waals surface area (Å²) in [6, 6.07) is 8.25. The molecule has 0 aliphatic carbocycles. The first kappa shape index (κ1) is 17.6. The number of hydrogen-bond donors (Lipinski definition) is 4. The molecule has 0 aliphatic heterocycles. The first-order valence-electron chi connectivity index (χ1n) is 7.05. The minimum atomic E-state index is -0.658. The van der Waals surface area contributed by atoms with E-state index in [4.69, 9.17) is 5.73 Å². The standard InChI is InChI=1S/C15H22N4O3/c1-10(2)14(16)15(22)18-8-12(20)17-9-13(21)19-11-6-4-3-5-7-11/h3-7,10,14H,8-9,16H2,1-2H3,(H,17,20)(H,18,22)(H,19,21)/t14-/m0/s1. The lowest BCUT2D eigenvalue weighted by atomic mass is 10.1. The summed E-state index contributed by atoms with van der Waals surface area (Å²) in [7, 11) is 0. The van der Waals surface area contributed by atoms with Crippen molar-refractivity contribution in [3.8, 4) is 0 Å². The van der Waals surface area contributed by atoms with Crippen LogP contribution in [-0.2, 0) is 14.4 Å². The second-order valence-electron chi connectivity index (χ2n) is 5.18. The third-order valence-electron chi connectivity index (χ3n) is 2.95. The largest absolute Gasteiger partial charge is 0.346 e. The number of carbonyl (C=O) groups is 3. The van der Waals surface area contributed by atoms with Crippen LogP contribution in [0.15, 0.2) is 30.3 Å². The molecule has 1 rings (SSSR count). The zero-order valence-electron chi connectivity index (χ0n) is 12.8. The molecular formula is C15H22N4O3. The highest BCUT2D eigenvalue weighted by atomic mass is 16.2. The highest BCUT2D eigenvalue weighted by molar-refractivity contribution is 5.95. The van der Waals surface area contributed by atoms with Crippen LogP contribution in [0.1, 0.15) is 13.8 Å². The normalized spacial score (nSPS) is 11.6. The molecule has 0 unspecified atom stereocenters. The molecule has 0 spiro atoms. The Morgan fingerprint density at radius 3 is 2.18 bits per heavy atom. The quantitative estimate of drug-likeness (QED) is 0.560. The van der Waals surface area contributed by atoms with Gasteiger partial charge in [0.25, 0.3) is 0 Å². The van der Waals surface area contributed by atoms with Crippen molar-refractivity contribution in [2.24, 2.45) is 11.7 Å². The fourth-order valence-corrected chi connectivity index (χ4v) is 1.56. The van der Waals surface area contributed by atoms with E-state index in [0.717, 1.165) is 0 Å². The highest BCUT2D eigenvalue weighted by Crippen LogP contribution is 2.03.